The van der Waals surface area contributed by atoms with Gasteiger partial charge >= 0.3 is 0 Å². The predicted octanol–water partition coefficient (Wildman–Crippen LogP) is 2.20. The van der Waals surface area contributed by atoms with E-state index in [4.69, 9.17) is 4.74 Å². The van der Waals surface area contributed by atoms with Crippen LogP contribution in [0.3, 0.4) is 0 Å². The fourth-order valence-corrected chi connectivity index (χ4v) is 3.53. The Morgan fingerprint density at radius 2 is 1.95 bits per heavy atom. The van der Waals surface area contributed by atoms with Crippen molar-refractivity contribution in [2.75, 3.05) is 32.8 Å². The first-order chi connectivity index (χ1) is 10.8. The molecule has 4 nitrogen and oxygen atoms in total. The number of likely N-dealkylation sites (tertiary alicyclic amines) is 1. The number of nitrogens with one attached hydrogen (secondary N) is 1. The molecule has 0 aromatic heterocycles. The topological polar surface area (TPSA) is 41.6 Å². The Morgan fingerprint density at radius 3 is 2.64 bits per heavy atom. The Labute approximate surface area is 132 Å². The maximum Gasteiger partial charge on any atom is 0.224 e. The highest BCUT2D eigenvalue weighted by Gasteiger charge is 2.37. The van der Waals surface area contributed by atoms with Crippen molar-refractivity contribution < 1.29 is 9.53 Å². The van der Waals surface area contributed by atoms with E-state index >= 15 is 0 Å². The highest BCUT2D eigenvalue weighted by atomic mass is 16.5. The van der Waals surface area contributed by atoms with Gasteiger partial charge in [-0.2, -0.15) is 0 Å². The normalized spacial score (nSPS) is 20.5. The van der Waals surface area contributed by atoms with E-state index in [0.29, 0.717) is 25.0 Å². The van der Waals surface area contributed by atoms with Crippen LogP contribution in [0.4, 0.5) is 0 Å². The zero-order valence-electron chi connectivity index (χ0n) is 13.2. The van der Waals surface area contributed by atoms with Crippen LogP contribution in [0.2, 0.25) is 0 Å². The van der Waals surface area contributed by atoms with Gasteiger partial charge in [-0.1, -0.05) is 30.3 Å². The van der Waals surface area contributed by atoms with E-state index in [0.717, 1.165) is 44.6 Å². The first kappa shape index (κ1) is 15.5. The third kappa shape index (κ3) is 3.87. The van der Waals surface area contributed by atoms with Crippen LogP contribution in [0.15, 0.2) is 30.3 Å². The lowest BCUT2D eigenvalue weighted by Crippen LogP contribution is -2.44. The number of piperidine rings is 1. The number of amides is 1. The van der Waals surface area contributed by atoms with Gasteiger partial charge in [-0.05, 0) is 36.8 Å². The van der Waals surface area contributed by atoms with Gasteiger partial charge in [-0.3, -0.25) is 4.79 Å². The Balaban J connectivity index is 1.34. The van der Waals surface area contributed by atoms with E-state index in [2.05, 4.69) is 5.32 Å². The number of hydrogen-bond donors (Lipinski definition) is 1. The van der Waals surface area contributed by atoms with Crippen LogP contribution in [-0.4, -0.2) is 43.6 Å². The molecule has 0 unspecified atom stereocenters. The fraction of sp³-hybridized carbons (Fsp3) is 0.611. The Bertz CT molecular complexity index is 473. The summed E-state index contributed by atoms with van der Waals surface area (Å²) in [6, 6.07) is 10.1. The highest BCUT2D eigenvalue weighted by Crippen LogP contribution is 2.36. The van der Waals surface area contributed by atoms with Crippen LogP contribution < -0.4 is 5.32 Å². The average molecular weight is 302 g/mol. The minimum absolute atomic E-state index is 0.244. The lowest BCUT2D eigenvalue weighted by atomic mass is 9.78. The predicted molar refractivity (Wildman–Crippen MR) is 86.4 cm³/mol. The molecule has 1 amide bonds. The standard InChI is InChI=1S/C18H26N2O2/c21-17(6-13-22-14-16-4-2-1-3-5-16)20-11-8-18(9-12-20)7-10-19-15-18/h1-5,19H,6-15H2. The van der Waals surface area contributed by atoms with Crippen molar-refractivity contribution in [3.05, 3.63) is 35.9 Å². The van der Waals surface area contributed by atoms with E-state index in [9.17, 15) is 4.79 Å². The number of hydrogen-bond acceptors (Lipinski definition) is 3. The molecule has 1 spiro atoms. The fourth-order valence-electron chi connectivity index (χ4n) is 3.53. The Hall–Kier alpha value is -1.39. The second-order valence-electron chi connectivity index (χ2n) is 6.60. The molecular weight excluding hydrogens is 276 g/mol. The lowest BCUT2D eigenvalue weighted by molar-refractivity contribution is -0.134. The second kappa shape index (κ2) is 7.25. The zero-order valence-corrected chi connectivity index (χ0v) is 13.2. The molecule has 2 fully saturated rings. The largest absolute Gasteiger partial charge is 0.376 e. The van der Waals surface area contributed by atoms with Crippen molar-refractivity contribution in [3.8, 4) is 0 Å². The summed E-state index contributed by atoms with van der Waals surface area (Å²) in [7, 11) is 0. The van der Waals surface area contributed by atoms with Gasteiger partial charge in [0.25, 0.3) is 0 Å². The third-order valence-electron chi connectivity index (χ3n) is 5.08. The van der Waals surface area contributed by atoms with Crippen molar-refractivity contribution >= 4 is 5.91 Å². The van der Waals surface area contributed by atoms with Crippen LogP contribution in [0.25, 0.3) is 0 Å². The summed E-state index contributed by atoms with van der Waals surface area (Å²) in [5, 5.41) is 3.46. The molecule has 4 heteroatoms. The molecule has 1 aromatic carbocycles. The van der Waals surface area contributed by atoms with Gasteiger partial charge < -0.3 is 15.0 Å². The molecule has 0 bridgehead atoms. The summed E-state index contributed by atoms with van der Waals surface area (Å²) < 4.78 is 5.62. The molecule has 0 aliphatic carbocycles. The van der Waals surface area contributed by atoms with E-state index in [1.807, 2.05) is 35.2 Å². The molecule has 0 radical (unpaired) electrons. The molecule has 0 saturated carbocycles. The number of benzene rings is 1. The van der Waals surface area contributed by atoms with Crippen LogP contribution in [0.1, 0.15) is 31.2 Å². The number of rotatable bonds is 5. The van der Waals surface area contributed by atoms with Gasteiger partial charge in [0, 0.05) is 19.6 Å². The SMILES string of the molecule is O=C(CCOCc1ccccc1)N1CCC2(CCNC2)CC1. The lowest BCUT2D eigenvalue weighted by Gasteiger charge is -2.38. The van der Waals surface area contributed by atoms with Crippen LogP contribution in [0.5, 0.6) is 0 Å². The van der Waals surface area contributed by atoms with Crippen LogP contribution >= 0.6 is 0 Å². The summed E-state index contributed by atoms with van der Waals surface area (Å²) in [6.07, 6.45) is 4.07. The number of ether oxygens (including phenoxy) is 1. The summed E-state index contributed by atoms with van der Waals surface area (Å²) in [5.41, 5.74) is 1.63. The summed E-state index contributed by atoms with van der Waals surface area (Å²) in [6.45, 7) is 5.20. The van der Waals surface area contributed by atoms with Crippen molar-refractivity contribution in [2.24, 2.45) is 5.41 Å². The molecule has 2 aliphatic heterocycles. The first-order valence-corrected chi connectivity index (χ1v) is 8.38. The molecule has 2 saturated heterocycles. The molecule has 1 aromatic rings. The number of nitrogens with zero attached hydrogens (tertiary/aromatic N) is 1. The average Bonchev–Trinajstić information content (AvgIpc) is 3.01. The van der Waals surface area contributed by atoms with E-state index < -0.39 is 0 Å². The van der Waals surface area contributed by atoms with Gasteiger partial charge in [-0.15, -0.1) is 0 Å². The Morgan fingerprint density at radius 1 is 1.18 bits per heavy atom. The van der Waals surface area contributed by atoms with Gasteiger partial charge in [-0.25, -0.2) is 0 Å². The maximum absolute atomic E-state index is 12.2. The van der Waals surface area contributed by atoms with Crippen molar-refractivity contribution in [2.45, 2.75) is 32.3 Å². The zero-order chi connectivity index (χ0) is 15.3. The summed E-state index contributed by atoms with van der Waals surface area (Å²) in [4.78, 5) is 14.3. The summed E-state index contributed by atoms with van der Waals surface area (Å²) in [5.74, 6) is 0.244. The monoisotopic (exact) mass is 302 g/mol. The minimum Gasteiger partial charge on any atom is -0.376 e. The third-order valence-corrected chi connectivity index (χ3v) is 5.08. The number of carbonyl (C=O) groups is 1. The first-order valence-electron chi connectivity index (χ1n) is 8.38. The molecule has 2 aliphatic rings. The van der Waals surface area contributed by atoms with Gasteiger partial charge in [0.2, 0.25) is 5.91 Å². The Kier molecular flexibility index (Phi) is 5.11. The summed E-state index contributed by atoms with van der Waals surface area (Å²) >= 11 is 0. The smallest absolute Gasteiger partial charge is 0.224 e. The maximum atomic E-state index is 12.2. The number of carbonyl (C=O) groups excluding carboxylic acids is 1. The molecule has 1 N–H and O–H groups in total. The van der Waals surface area contributed by atoms with Crippen molar-refractivity contribution in [1.29, 1.82) is 0 Å². The molecular formula is C18H26N2O2. The quantitative estimate of drug-likeness (QED) is 0.848. The van der Waals surface area contributed by atoms with Gasteiger partial charge in [0.1, 0.15) is 0 Å². The van der Waals surface area contributed by atoms with E-state index in [1.54, 1.807) is 0 Å². The van der Waals surface area contributed by atoms with Crippen LogP contribution in [0, 0.1) is 5.41 Å². The molecule has 22 heavy (non-hydrogen) atoms. The molecule has 0 atom stereocenters. The molecule has 120 valence electrons. The minimum atomic E-state index is 0.244. The highest BCUT2D eigenvalue weighted by molar-refractivity contribution is 5.76. The molecule has 2 heterocycles. The van der Waals surface area contributed by atoms with E-state index in [1.165, 1.54) is 6.42 Å². The van der Waals surface area contributed by atoms with Crippen molar-refractivity contribution in [1.82, 2.24) is 10.2 Å². The van der Waals surface area contributed by atoms with E-state index in [-0.39, 0.29) is 5.91 Å². The van der Waals surface area contributed by atoms with Gasteiger partial charge in [0.05, 0.1) is 19.6 Å². The molecule has 3 rings (SSSR count). The van der Waals surface area contributed by atoms with Crippen molar-refractivity contribution in [3.63, 3.8) is 0 Å². The second-order valence-corrected chi connectivity index (χ2v) is 6.60. The van der Waals surface area contributed by atoms with Gasteiger partial charge in [0.15, 0.2) is 0 Å². The van der Waals surface area contributed by atoms with Crippen LogP contribution in [-0.2, 0) is 16.1 Å².